The number of anilines is 1. The van der Waals surface area contributed by atoms with Gasteiger partial charge in [0.25, 0.3) is 5.91 Å². The molecule has 0 aromatic heterocycles. The van der Waals surface area contributed by atoms with Gasteiger partial charge in [-0.1, -0.05) is 26.7 Å². The highest BCUT2D eigenvalue weighted by Gasteiger charge is 2.38. The molecule has 0 aliphatic carbocycles. The number of nitrogens with one attached hydrogen (secondary N) is 1. The van der Waals surface area contributed by atoms with Crippen molar-refractivity contribution in [1.82, 2.24) is 4.90 Å². The molecular formula is C18H28N2O4. The van der Waals surface area contributed by atoms with Gasteiger partial charge in [-0.25, -0.2) is 0 Å². The fourth-order valence-electron chi connectivity index (χ4n) is 2.96. The minimum atomic E-state index is -0.763. The lowest BCUT2D eigenvalue weighted by atomic mass is 10.1. The van der Waals surface area contributed by atoms with E-state index in [-0.39, 0.29) is 11.9 Å². The molecule has 2 unspecified atom stereocenters. The summed E-state index contributed by atoms with van der Waals surface area (Å²) in [6.07, 6.45) is 3.60. The number of aliphatic hydroxyl groups excluding tert-OH is 1. The summed E-state index contributed by atoms with van der Waals surface area (Å²) in [5, 5.41) is 13.2. The Labute approximate surface area is 143 Å². The smallest absolute Gasteiger partial charge is 0.256 e. The Morgan fingerprint density at radius 1 is 1.21 bits per heavy atom. The summed E-state index contributed by atoms with van der Waals surface area (Å²) >= 11 is 0. The van der Waals surface area contributed by atoms with E-state index in [1.54, 1.807) is 17.0 Å². The number of benzene rings is 1. The largest absolute Gasteiger partial charge is 0.493 e. The standard InChI is InChI=1S/C14H18N2O4.C4H10/c1-19-11-6-8-9(7-12(11)20-2)15-13(17)10-4-3-5-16(10)14(8)18;1-3-4-2/h6-7,10,13,15,17H,3-5H2,1-2H3;3-4H2,1-2H3. The van der Waals surface area contributed by atoms with E-state index in [1.807, 2.05) is 0 Å². The van der Waals surface area contributed by atoms with Gasteiger partial charge in [0.1, 0.15) is 6.23 Å². The van der Waals surface area contributed by atoms with Crippen molar-refractivity contribution in [2.75, 3.05) is 26.1 Å². The number of rotatable bonds is 3. The molecule has 0 saturated carbocycles. The Balaban J connectivity index is 0.000000471. The van der Waals surface area contributed by atoms with Gasteiger partial charge in [-0.05, 0) is 18.9 Å². The van der Waals surface area contributed by atoms with Crippen molar-refractivity contribution in [3.63, 3.8) is 0 Å². The van der Waals surface area contributed by atoms with E-state index in [0.717, 1.165) is 12.8 Å². The number of carbonyl (C=O) groups is 1. The highest BCUT2D eigenvalue weighted by atomic mass is 16.5. The van der Waals surface area contributed by atoms with Crippen molar-refractivity contribution in [2.45, 2.75) is 51.8 Å². The van der Waals surface area contributed by atoms with Crippen LogP contribution in [0.5, 0.6) is 11.5 Å². The maximum absolute atomic E-state index is 12.6. The third-order valence-electron chi connectivity index (χ3n) is 4.48. The van der Waals surface area contributed by atoms with Crippen molar-refractivity contribution in [1.29, 1.82) is 0 Å². The summed E-state index contributed by atoms with van der Waals surface area (Å²) in [5.41, 5.74) is 1.08. The first-order valence-electron chi connectivity index (χ1n) is 8.58. The van der Waals surface area contributed by atoms with Gasteiger partial charge in [0.2, 0.25) is 0 Å². The second kappa shape index (κ2) is 8.24. The molecule has 6 nitrogen and oxygen atoms in total. The molecule has 3 rings (SSSR count). The Hall–Kier alpha value is -1.95. The average molecular weight is 336 g/mol. The molecule has 1 aromatic rings. The van der Waals surface area contributed by atoms with Crippen molar-refractivity contribution in [3.05, 3.63) is 17.7 Å². The van der Waals surface area contributed by atoms with Crippen molar-refractivity contribution >= 4 is 11.6 Å². The number of aliphatic hydroxyl groups is 1. The van der Waals surface area contributed by atoms with Crippen molar-refractivity contribution in [2.24, 2.45) is 0 Å². The highest BCUT2D eigenvalue weighted by molar-refractivity contribution is 6.01. The molecule has 6 heteroatoms. The Kier molecular flexibility index (Phi) is 6.31. The van der Waals surface area contributed by atoms with Crippen LogP contribution >= 0.6 is 0 Å². The quantitative estimate of drug-likeness (QED) is 0.888. The number of carbonyl (C=O) groups excluding carboxylic acids is 1. The predicted octanol–water partition coefficient (Wildman–Crippen LogP) is 2.86. The summed E-state index contributed by atoms with van der Waals surface area (Å²) in [6.45, 7) is 5.04. The Bertz CT molecular complexity index is 574. The Morgan fingerprint density at radius 2 is 1.83 bits per heavy atom. The first-order chi connectivity index (χ1) is 11.6. The second-order valence-corrected chi connectivity index (χ2v) is 6.05. The number of fused-ring (bicyclic) bond motifs is 2. The molecule has 24 heavy (non-hydrogen) atoms. The molecule has 2 aliphatic rings. The third kappa shape index (κ3) is 3.59. The van der Waals surface area contributed by atoms with E-state index < -0.39 is 6.23 Å². The topological polar surface area (TPSA) is 71.0 Å². The first kappa shape index (κ1) is 18.4. The van der Waals surface area contributed by atoms with Gasteiger partial charge in [0.15, 0.2) is 11.5 Å². The lowest BCUT2D eigenvalue weighted by Crippen LogP contribution is -2.43. The summed E-state index contributed by atoms with van der Waals surface area (Å²) in [5.74, 6) is 0.960. The number of nitrogens with zero attached hydrogens (tertiary/aromatic N) is 1. The SMILES string of the molecule is CCCC.COc1cc2c(cc1OC)C(=O)N1CCCC1C(O)N2. The van der Waals surface area contributed by atoms with Crippen LogP contribution < -0.4 is 14.8 Å². The van der Waals surface area contributed by atoms with Crippen LogP contribution in [0.3, 0.4) is 0 Å². The van der Waals surface area contributed by atoms with Gasteiger partial charge in [-0.15, -0.1) is 0 Å². The van der Waals surface area contributed by atoms with Crippen LogP contribution in [0.4, 0.5) is 5.69 Å². The molecule has 2 heterocycles. The van der Waals surface area contributed by atoms with Gasteiger partial charge >= 0.3 is 0 Å². The van der Waals surface area contributed by atoms with E-state index in [4.69, 9.17) is 9.47 Å². The van der Waals surface area contributed by atoms with Crippen molar-refractivity contribution in [3.8, 4) is 11.5 Å². The van der Waals surface area contributed by atoms with Crippen LogP contribution in [0, 0.1) is 0 Å². The minimum Gasteiger partial charge on any atom is -0.493 e. The van der Waals surface area contributed by atoms with Crippen molar-refractivity contribution < 1.29 is 19.4 Å². The molecule has 2 aliphatic heterocycles. The molecule has 0 radical (unpaired) electrons. The predicted molar refractivity (Wildman–Crippen MR) is 93.8 cm³/mol. The molecule has 1 amide bonds. The second-order valence-electron chi connectivity index (χ2n) is 6.05. The zero-order valence-corrected chi connectivity index (χ0v) is 15.0. The molecule has 2 atom stereocenters. The molecule has 0 bridgehead atoms. The minimum absolute atomic E-state index is 0.0764. The number of ether oxygens (including phenoxy) is 2. The van der Waals surface area contributed by atoms with Gasteiger partial charge in [-0.2, -0.15) is 0 Å². The van der Waals surface area contributed by atoms with Crippen LogP contribution in [0.15, 0.2) is 12.1 Å². The van der Waals surface area contributed by atoms with Gasteiger partial charge in [0.05, 0.1) is 31.5 Å². The lowest BCUT2D eigenvalue weighted by molar-refractivity contribution is 0.0581. The van der Waals surface area contributed by atoms with Gasteiger partial charge in [0, 0.05) is 12.6 Å². The molecule has 1 fully saturated rings. The fraction of sp³-hybridized carbons (Fsp3) is 0.611. The molecule has 2 N–H and O–H groups in total. The van der Waals surface area contributed by atoms with Crippen LogP contribution in [0.25, 0.3) is 0 Å². The molecular weight excluding hydrogens is 308 g/mol. The van der Waals surface area contributed by atoms with Crippen LogP contribution in [0.1, 0.15) is 49.9 Å². The summed E-state index contributed by atoms with van der Waals surface area (Å²) in [7, 11) is 3.07. The molecule has 1 aromatic carbocycles. The zero-order valence-electron chi connectivity index (χ0n) is 15.0. The molecule has 134 valence electrons. The Morgan fingerprint density at radius 3 is 2.42 bits per heavy atom. The van der Waals surface area contributed by atoms with E-state index >= 15 is 0 Å². The zero-order chi connectivity index (χ0) is 17.7. The summed E-state index contributed by atoms with van der Waals surface area (Å²) in [6, 6.07) is 3.18. The first-order valence-corrected chi connectivity index (χ1v) is 8.58. The lowest BCUT2D eigenvalue weighted by Gasteiger charge is -2.25. The van der Waals surface area contributed by atoms with E-state index in [1.165, 1.54) is 27.1 Å². The maximum atomic E-state index is 12.6. The van der Waals surface area contributed by atoms with E-state index in [0.29, 0.717) is 29.3 Å². The summed E-state index contributed by atoms with van der Waals surface area (Å²) < 4.78 is 10.5. The van der Waals surface area contributed by atoms with Crippen LogP contribution in [0.2, 0.25) is 0 Å². The fourth-order valence-corrected chi connectivity index (χ4v) is 2.96. The number of hydrogen-bond donors (Lipinski definition) is 2. The van der Waals surface area contributed by atoms with Crippen LogP contribution in [-0.4, -0.2) is 48.9 Å². The number of methoxy groups -OCH3 is 2. The van der Waals surface area contributed by atoms with Gasteiger partial charge < -0.3 is 24.8 Å². The average Bonchev–Trinajstić information content (AvgIpc) is 3.07. The van der Waals surface area contributed by atoms with Crippen LogP contribution in [-0.2, 0) is 0 Å². The number of amides is 1. The maximum Gasteiger partial charge on any atom is 0.256 e. The third-order valence-corrected chi connectivity index (χ3v) is 4.48. The monoisotopic (exact) mass is 336 g/mol. The van der Waals surface area contributed by atoms with Gasteiger partial charge in [-0.3, -0.25) is 4.79 Å². The highest BCUT2D eigenvalue weighted by Crippen LogP contribution is 2.37. The number of hydrogen-bond acceptors (Lipinski definition) is 5. The normalized spacial score (nSPS) is 21.7. The van der Waals surface area contributed by atoms with E-state index in [2.05, 4.69) is 19.2 Å². The number of unbranched alkanes of at least 4 members (excludes halogenated alkanes) is 1. The molecule has 1 saturated heterocycles. The molecule has 0 spiro atoms. The van der Waals surface area contributed by atoms with E-state index in [9.17, 15) is 9.90 Å². The summed E-state index contributed by atoms with van der Waals surface area (Å²) in [4.78, 5) is 14.3.